The number of nitrogen functional groups attached to an aromatic ring is 1. The van der Waals surface area contributed by atoms with Crippen molar-refractivity contribution in [2.24, 2.45) is 36.6 Å². The van der Waals surface area contributed by atoms with Crippen molar-refractivity contribution in [3.63, 3.8) is 0 Å². The molecule has 0 atom stereocenters. The number of nitrogens with zero attached hydrogens (tertiary/aromatic N) is 3. The highest BCUT2D eigenvalue weighted by Gasteiger charge is 2.50. The number of anilines is 1. The molecule has 0 aromatic carbocycles. The van der Waals surface area contributed by atoms with Gasteiger partial charge >= 0.3 is 0 Å². The Morgan fingerprint density at radius 2 is 1.72 bits per heavy atom. The monoisotopic (exact) mass is 247 g/mol. The number of aromatic nitrogens is 3. The molecular formula is C13H21N5. The molecule has 98 valence electrons. The molecule has 5 rings (SSSR count). The van der Waals surface area contributed by atoms with Crippen LogP contribution in [0.5, 0.6) is 0 Å². The maximum absolute atomic E-state index is 5.47. The van der Waals surface area contributed by atoms with E-state index in [0.717, 1.165) is 29.5 Å². The van der Waals surface area contributed by atoms with E-state index in [0.29, 0.717) is 11.9 Å². The number of nitrogens with one attached hydrogen (secondary N) is 1. The zero-order chi connectivity index (χ0) is 12.3. The molecule has 0 spiro atoms. The van der Waals surface area contributed by atoms with Gasteiger partial charge in [0.15, 0.2) is 5.82 Å². The summed E-state index contributed by atoms with van der Waals surface area (Å²) in [5.74, 6) is 11.4. The van der Waals surface area contributed by atoms with Crippen LogP contribution in [0, 0.1) is 23.7 Å². The Morgan fingerprint density at radius 1 is 1.11 bits per heavy atom. The highest BCUT2D eigenvalue weighted by Crippen LogP contribution is 2.59. The third kappa shape index (κ3) is 1.43. The van der Waals surface area contributed by atoms with Gasteiger partial charge in [-0.2, -0.15) is 10.1 Å². The fraction of sp³-hybridized carbons (Fsp3) is 0.846. The zero-order valence-electron chi connectivity index (χ0n) is 10.8. The van der Waals surface area contributed by atoms with Crippen LogP contribution in [0.3, 0.4) is 0 Å². The van der Waals surface area contributed by atoms with E-state index in [4.69, 9.17) is 5.84 Å². The van der Waals surface area contributed by atoms with Crippen molar-refractivity contribution in [2.75, 3.05) is 5.43 Å². The van der Waals surface area contributed by atoms with E-state index in [1.54, 1.807) is 4.68 Å². The van der Waals surface area contributed by atoms with Crippen LogP contribution in [-0.2, 0) is 7.05 Å². The second-order valence-corrected chi connectivity index (χ2v) is 6.52. The van der Waals surface area contributed by atoms with Crippen LogP contribution in [-0.4, -0.2) is 14.8 Å². The van der Waals surface area contributed by atoms with Gasteiger partial charge in [-0.3, -0.25) is 5.43 Å². The van der Waals surface area contributed by atoms with Gasteiger partial charge in [0.1, 0.15) is 0 Å². The van der Waals surface area contributed by atoms with E-state index in [2.05, 4.69) is 15.5 Å². The highest BCUT2D eigenvalue weighted by molar-refractivity contribution is 5.24. The van der Waals surface area contributed by atoms with Crippen molar-refractivity contribution in [2.45, 2.75) is 38.0 Å². The molecule has 4 saturated carbocycles. The molecule has 4 fully saturated rings. The lowest BCUT2D eigenvalue weighted by molar-refractivity contribution is -0.00564. The molecule has 18 heavy (non-hydrogen) atoms. The standard InChI is InChI=1S/C13H21N5/c1-18-13(16-14)15-12(17-18)11-9-3-7-2-8(5-9)6-10(11)4-7/h7-11H,2-6,14H2,1H3,(H,15,16,17). The van der Waals surface area contributed by atoms with E-state index in [1.165, 1.54) is 32.1 Å². The Bertz CT molecular complexity index is 438. The van der Waals surface area contributed by atoms with Crippen molar-refractivity contribution in [1.82, 2.24) is 14.8 Å². The molecule has 1 aromatic heterocycles. The maximum Gasteiger partial charge on any atom is 0.235 e. The number of hydrogen-bond acceptors (Lipinski definition) is 4. The SMILES string of the molecule is Cn1nc(C2C3CC4CC(C3)CC2C4)nc1NN. The summed E-state index contributed by atoms with van der Waals surface area (Å²) in [6, 6.07) is 0. The lowest BCUT2D eigenvalue weighted by Gasteiger charge is -2.53. The molecule has 0 amide bonds. The molecular weight excluding hydrogens is 226 g/mol. The van der Waals surface area contributed by atoms with Crippen molar-refractivity contribution in [3.8, 4) is 0 Å². The van der Waals surface area contributed by atoms with Crippen LogP contribution in [0.15, 0.2) is 0 Å². The summed E-state index contributed by atoms with van der Waals surface area (Å²) in [5, 5.41) is 4.59. The Labute approximate surface area is 107 Å². The van der Waals surface area contributed by atoms with Gasteiger partial charge in [0, 0.05) is 13.0 Å². The van der Waals surface area contributed by atoms with Crippen molar-refractivity contribution >= 4 is 5.95 Å². The Kier molecular flexibility index (Phi) is 2.22. The van der Waals surface area contributed by atoms with Crippen LogP contribution in [0.2, 0.25) is 0 Å². The molecule has 0 saturated heterocycles. The van der Waals surface area contributed by atoms with Gasteiger partial charge in [-0.15, -0.1) is 0 Å². The summed E-state index contributed by atoms with van der Waals surface area (Å²) in [6.45, 7) is 0. The lowest BCUT2D eigenvalue weighted by Crippen LogP contribution is -2.44. The Hall–Kier alpha value is -1.10. The molecule has 4 aliphatic carbocycles. The second kappa shape index (κ2) is 3.70. The summed E-state index contributed by atoms with van der Waals surface area (Å²) in [5.41, 5.74) is 2.63. The maximum atomic E-state index is 5.47. The first-order valence-corrected chi connectivity index (χ1v) is 7.12. The first-order chi connectivity index (χ1) is 8.74. The van der Waals surface area contributed by atoms with Crippen LogP contribution in [0.1, 0.15) is 43.8 Å². The summed E-state index contributed by atoms with van der Waals surface area (Å²) >= 11 is 0. The average molecular weight is 247 g/mol. The number of hydrazine groups is 1. The smallest absolute Gasteiger partial charge is 0.235 e. The summed E-state index contributed by atoms with van der Waals surface area (Å²) in [7, 11) is 1.90. The first kappa shape index (κ1) is 10.8. The topological polar surface area (TPSA) is 68.8 Å². The van der Waals surface area contributed by atoms with E-state index < -0.39 is 0 Å². The fourth-order valence-corrected chi connectivity index (χ4v) is 5.02. The van der Waals surface area contributed by atoms with Gasteiger partial charge in [-0.25, -0.2) is 10.5 Å². The van der Waals surface area contributed by atoms with Gasteiger partial charge in [-0.1, -0.05) is 0 Å². The summed E-state index contributed by atoms with van der Waals surface area (Å²) in [4.78, 5) is 4.59. The van der Waals surface area contributed by atoms with Gasteiger partial charge in [0.25, 0.3) is 0 Å². The summed E-state index contributed by atoms with van der Waals surface area (Å²) < 4.78 is 1.76. The molecule has 0 aliphatic heterocycles. The van der Waals surface area contributed by atoms with Crippen LogP contribution < -0.4 is 11.3 Å². The van der Waals surface area contributed by atoms with Gasteiger partial charge in [0.05, 0.1) is 0 Å². The third-order valence-electron chi connectivity index (χ3n) is 5.43. The number of rotatable bonds is 2. The molecule has 5 nitrogen and oxygen atoms in total. The Balaban J connectivity index is 1.67. The Morgan fingerprint density at radius 3 is 2.22 bits per heavy atom. The highest BCUT2D eigenvalue weighted by atomic mass is 15.4. The van der Waals surface area contributed by atoms with Gasteiger partial charge in [0.2, 0.25) is 5.95 Å². The average Bonchev–Trinajstić information content (AvgIpc) is 2.69. The number of hydrogen-bond donors (Lipinski definition) is 2. The van der Waals surface area contributed by atoms with Gasteiger partial charge < -0.3 is 0 Å². The molecule has 4 bridgehead atoms. The molecule has 3 N–H and O–H groups in total. The van der Waals surface area contributed by atoms with Gasteiger partial charge in [-0.05, 0) is 55.8 Å². The van der Waals surface area contributed by atoms with E-state index in [9.17, 15) is 0 Å². The van der Waals surface area contributed by atoms with Crippen LogP contribution in [0.4, 0.5) is 5.95 Å². The fourth-order valence-electron chi connectivity index (χ4n) is 5.02. The lowest BCUT2D eigenvalue weighted by atomic mass is 9.52. The van der Waals surface area contributed by atoms with E-state index >= 15 is 0 Å². The number of aryl methyl sites for hydroxylation is 1. The first-order valence-electron chi connectivity index (χ1n) is 7.12. The number of nitrogens with two attached hydrogens (primary N) is 1. The van der Waals surface area contributed by atoms with Crippen molar-refractivity contribution in [1.29, 1.82) is 0 Å². The quantitative estimate of drug-likeness (QED) is 0.616. The summed E-state index contributed by atoms with van der Waals surface area (Å²) in [6.07, 6.45) is 7.11. The van der Waals surface area contributed by atoms with E-state index in [-0.39, 0.29) is 0 Å². The van der Waals surface area contributed by atoms with E-state index in [1.807, 2.05) is 7.05 Å². The van der Waals surface area contributed by atoms with Crippen molar-refractivity contribution < 1.29 is 0 Å². The zero-order valence-corrected chi connectivity index (χ0v) is 10.8. The molecule has 1 heterocycles. The predicted molar refractivity (Wildman–Crippen MR) is 68.6 cm³/mol. The predicted octanol–water partition coefficient (Wildman–Crippen LogP) is 1.64. The molecule has 0 radical (unpaired) electrons. The van der Waals surface area contributed by atoms with Crippen molar-refractivity contribution in [3.05, 3.63) is 5.82 Å². The minimum atomic E-state index is 0.589. The minimum absolute atomic E-state index is 0.589. The molecule has 0 unspecified atom stereocenters. The normalized spacial score (nSPS) is 41.3. The molecule has 4 aliphatic rings. The van der Waals surface area contributed by atoms with Crippen LogP contribution >= 0.6 is 0 Å². The molecule has 1 aromatic rings. The largest absolute Gasteiger partial charge is 0.293 e. The minimum Gasteiger partial charge on any atom is -0.293 e. The third-order valence-corrected chi connectivity index (χ3v) is 5.43. The van der Waals surface area contributed by atoms with Crippen LogP contribution in [0.25, 0.3) is 0 Å². The second-order valence-electron chi connectivity index (χ2n) is 6.52. The molecule has 5 heteroatoms.